The molecule has 1 aliphatic rings. The second-order valence-electron chi connectivity index (χ2n) is 4.93. The van der Waals surface area contributed by atoms with Crippen LogP contribution in [0.5, 0.6) is 0 Å². The van der Waals surface area contributed by atoms with Gasteiger partial charge in [0.05, 0.1) is 22.8 Å². The van der Waals surface area contributed by atoms with E-state index in [2.05, 4.69) is 10.4 Å². The van der Waals surface area contributed by atoms with E-state index in [1.807, 2.05) is 0 Å². The minimum Gasteiger partial charge on any atom is -0.310 e. The zero-order valence-electron chi connectivity index (χ0n) is 11.5. The molecule has 0 aliphatic carbocycles. The van der Waals surface area contributed by atoms with Gasteiger partial charge in [-0.15, -0.1) is 11.8 Å². The molecule has 0 spiro atoms. The van der Waals surface area contributed by atoms with Gasteiger partial charge in [0.1, 0.15) is 5.82 Å². The maximum Gasteiger partial charge on any atom is 0.416 e. The number of aromatic nitrogens is 2. The van der Waals surface area contributed by atoms with Gasteiger partial charge in [-0.3, -0.25) is 9.48 Å². The average Bonchev–Trinajstić information content (AvgIpc) is 2.72. The molecule has 1 N–H and O–H groups in total. The van der Waals surface area contributed by atoms with Crippen molar-refractivity contribution in [1.29, 1.82) is 0 Å². The van der Waals surface area contributed by atoms with Crippen molar-refractivity contribution in [2.24, 2.45) is 7.05 Å². The quantitative estimate of drug-likeness (QED) is 0.875. The zero-order valence-corrected chi connectivity index (χ0v) is 12.3. The Morgan fingerprint density at radius 1 is 1.32 bits per heavy atom. The molecule has 3 rings (SSSR count). The van der Waals surface area contributed by atoms with Gasteiger partial charge in [0, 0.05) is 12.6 Å². The first-order valence-corrected chi connectivity index (χ1v) is 7.51. The minimum atomic E-state index is -4.36. The summed E-state index contributed by atoms with van der Waals surface area (Å²) in [5, 5.41) is 6.65. The number of hydrogen-bond donors (Lipinski definition) is 1. The number of anilines is 1. The lowest BCUT2D eigenvalue weighted by atomic mass is 10.0. The van der Waals surface area contributed by atoms with Crippen LogP contribution in [0.15, 0.2) is 30.5 Å². The fourth-order valence-corrected chi connectivity index (χ4v) is 3.43. The van der Waals surface area contributed by atoms with Crippen molar-refractivity contribution in [3.63, 3.8) is 0 Å². The number of alkyl halides is 3. The van der Waals surface area contributed by atoms with E-state index < -0.39 is 11.7 Å². The van der Waals surface area contributed by atoms with E-state index in [4.69, 9.17) is 0 Å². The highest BCUT2D eigenvalue weighted by atomic mass is 32.2. The second kappa shape index (κ2) is 5.35. The number of fused-ring (bicyclic) bond motifs is 1. The van der Waals surface area contributed by atoms with Gasteiger partial charge in [-0.05, 0) is 17.7 Å². The highest BCUT2D eigenvalue weighted by Crippen LogP contribution is 2.41. The van der Waals surface area contributed by atoms with E-state index in [0.717, 1.165) is 17.7 Å². The topological polar surface area (TPSA) is 46.9 Å². The largest absolute Gasteiger partial charge is 0.416 e. The summed E-state index contributed by atoms with van der Waals surface area (Å²) in [6, 6.07) is 5.03. The fraction of sp³-hybridized carbons (Fsp3) is 0.286. The van der Waals surface area contributed by atoms with E-state index >= 15 is 0 Å². The molecule has 1 aliphatic heterocycles. The zero-order chi connectivity index (χ0) is 15.9. The van der Waals surface area contributed by atoms with Crippen LogP contribution >= 0.6 is 11.8 Å². The number of benzene rings is 1. The molecular formula is C14H12F3N3OS. The van der Waals surface area contributed by atoms with E-state index in [1.54, 1.807) is 17.9 Å². The SMILES string of the molecule is Cn1ncc2c1NC(=O)CSC2c1ccc(C(F)(F)F)cc1. The summed E-state index contributed by atoms with van der Waals surface area (Å²) in [6.45, 7) is 0. The Hall–Kier alpha value is -1.96. The third kappa shape index (κ3) is 2.70. The Labute approximate surface area is 128 Å². The number of halogens is 3. The molecule has 0 saturated carbocycles. The first kappa shape index (κ1) is 15.0. The van der Waals surface area contributed by atoms with Crippen LogP contribution in [0.25, 0.3) is 0 Å². The molecule has 1 unspecified atom stereocenters. The van der Waals surface area contributed by atoms with Crippen molar-refractivity contribution in [3.8, 4) is 0 Å². The van der Waals surface area contributed by atoms with Gasteiger partial charge in [-0.2, -0.15) is 18.3 Å². The van der Waals surface area contributed by atoms with E-state index in [-0.39, 0.29) is 16.9 Å². The summed E-state index contributed by atoms with van der Waals surface area (Å²) >= 11 is 1.37. The molecule has 0 fully saturated rings. The van der Waals surface area contributed by atoms with Gasteiger partial charge in [0.15, 0.2) is 0 Å². The van der Waals surface area contributed by atoms with Crippen molar-refractivity contribution in [1.82, 2.24) is 9.78 Å². The third-order valence-corrected chi connectivity index (χ3v) is 4.72. The summed E-state index contributed by atoms with van der Waals surface area (Å²) in [5.41, 5.74) is 0.817. The molecule has 8 heteroatoms. The summed E-state index contributed by atoms with van der Waals surface area (Å²) in [5.74, 6) is 0.671. The summed E-state index contributed by atoms with van der Waals surface area (Å²) in [4.78, 5) is 11.7. The lowest BCUT2D eigenvalue weighted by Crippen LogP contribution is -2.15. The van der Waals surface area contributed by atoms with Gasteiger partial charge in [0.25, 0.3) is 0 Å². The maximum absolute atomic E-state index is 12.6. The lowest BCUT2D eigenvalue weighted by molar-refractivity contribution is -0.137. The number of carbonyl (C=O) groups is 1. The van der Waals surface area contributed by atoms with Gasteiger partial charge in [0.2, 0.25) is 5.91 Å². The molecule has 1 amide bonds. The molecule has 116 valence electrons. The van der Waals surface area contributed by atoms with E-state index in [0.29, 0.717) is 11.4 Å². The van der Waals surface area contributed by atoms with Crippen LogP contribution in [0.4, 0.5) is 19.0 Å². The highest BCUT2D eigenvalue weighted by molar-refractivity contribution is 8.00. The summed E-state index contributed by atoms with van der Waals surface area (Å²) in [7, 11) is 1.71. The Balaban J connectivity index is 1.99. The molecule has 22 heavy (non-hydrogen) atoms. The van der Waals surface area contributed by atoms with Gasteiger partial charge in [-0.25, -0.2) is 0 Å². The number of carbonyl (C=O) groups excluding carboxylic acids is 1. The average molecular weight is 327 g/mol. The van der Waals surface area contributed by atoms with Crippen LogP contribution < -0.4 is 5.32 Å². The Morgan fingerprint density at radius 3 is 2.64 bits per heavy atom. The predicted molar refractivity (Wildman–Crippen MR) is 77.6 cm³/mol. The highest BCUT2D eigenvalue weighted by Gasteiger charge is 2.31. The van der Waals surface area contributed by atoms with Gasteiger partial charge >= 0.3 is 6.18 Å². The number of hydrogen-bond acceptors (Lipinski definition) is 3. The Kier molecular flexibility index (Phi) is 3.64. The number of nitrogens with zero attached hydrogens (tertiary/aromatic N) is 2. The number of aryl methyl sites for hydroxylation is 1. The molecule has 0 saturated heterocycles. The molecule has 1 aromatic heterocycles. The molecule has 2 heterocycles. The van der Waals surface area contributed by atoms with Crippen LogP contribution in [-0.2, 0) is 18.0 Å². The number of thioether (sulfide) groups is 1. The monoisotopic (exact) mass is 327 g/mol. The van der Waals surface area contributed by atoms with Crippen LogP contribution in [0.3, 0.4) is 0 Å². The number of rotatable bonds is 1. The van der Waals surface area contributed by atoms with Crippen LogP contribution in [0, 0.1) is 0 Å². The van der Waals surface area contributed by atoms with Crippen LogP contribution in [0.1, 0.15) is 21.9 Å². The number of amides is 1. The van der Waals surface area contributed by atoms with Crippen LogP contribution in [-0.4, -0.2) is 21.4 Å². The van der Waals surface area contributed by atoms with Crippen molar-refractivity contribution < 1.29 is 18.0 Å². The summed E-state index contributed by atoms with van der Waals surface area (Å²) in [6.07, 6.45) is -2.72. The van der Waals surface area contributed by atoms with Gasteiger partial charge in [-0.1, -0.05) is 12.1 Å². The van der Waals surface area contributed by atoms with Crippen molar-refractivity contribution >= 4 is 23.5 Å². The number of nitrogens with one attached hydrogen (secondary N) is 1. The lowest BCUT2D eigenvalue weighted by Gasteiger charge is -2.15. The fourth-order valence-electron chi connectivity index (χ4n) is 2.34. The molecule has 0 radical (unpaired) electrons. The molecule has 1 atom stereocenters. The molecular weight excluding hydrogens is 315 g/mol. The first-order chi connectivity index (χ1) is 10.4. The smallest absolute Gasteiger partial charge is 0.310 e. The minimum absolute atomic E-state index is 0.149. The molecule has 2 aromatic rings. The molecule has 4 nitrogen and oxygen atoms in total. The van der Waals surface area contributed by atoms with Crippen molar-refractivity contribution in [2.45, 2.75) is 11.4 Å². The Bertz CT molecular complexity index is 709. The standard InChI is InChI=1S/C14H12F3N3OS/c1-20-13-10(6-18-20)12(22-7-11(21)19-13)8-2-4-9(5-3-8)14(15,16)17/h2-6,12H,7H2,1H3,(H,19,21). The van der Waals surface area contributed by atoms with Gasteiger partial charge < -0.3 is 5.32 Å². The first-order valence-electron chi connectivity index (χ1n) is 6.47. The Morgan fingerprint density at radius 2 is 2.00 bits per heavy atom. The maximum atomic E-state index is 12.6. The molecule has 1 aromatic carbocycles. The predicted octanol–water partition coefficient (Wildman–Crippen LogP) is 3.21. The van der Waals surface area contributed by atoms with E-state index in [9.17, 15) is 18.0 Å². The van der Waals surface area contributed by atoms with Crippen molar-refractivity contribution in [3.05, 3.63) is 47.2 Å². The van der Waals surface area contributed by atoms with Crippen molar-refractivity contribution in [2.75, 3.05) is 11.1 Å². The molecule has 0 bridgehead atoms. The normalized spacial score (nSPS) is 18.5. The van der Waals surface area contributed by atoms with E-state index in [1.165, 1.54) is 23.9 Å². The van der Waals surface area contributed by atoms with Crippen LogP contribution in [0.2, 0.25) is 0 Å². The summed E-state index contributed by atoms with van der Waals surface area (Å²) < 4.78 is 39.5. The second-order valence-corrected chi connectivity index (χ2v) is 6.02. The third-order valence-electron chi connectivity index (χ3n) is 3.43.